The van der Waals surface area contributed by atoms with E-state index in [2.05, 4.69) is 27.3 Å². The zero-order valence-electron chi connectivity index (χ0n) is 8.96. The number of benzene rings is 1. The van der Waals surface area contributed by atoms with Crippen molar-refractivity contribution in [1.82, 2.24) is 5.32 Å². The van der Waals surface area contributed by atoms with Gasteiger partial charge in [0, 0.05) is 4.47 Å². The van der Waals surface area contributed by atoms with Crippen LogP contribution >= 0.6 is 15.9 Å². The Morgan fingerprint density at radius 2 is 2.31 bits per heavy atom. The molecule has 0 radical (unpaired) electrons. The van der Waals surface area contributed by atoms with Crippen LogP contribution in [0, 0.1) is 5.92 Å². The quantitative estimate of drug-likeness (QED) is 0.904. The third kappa shape index (κ3) is 1.92. The first kappa shape index (κ1) is 10.4. The van der Waals surface area contributed by atoms with Crippen molar-refractivity contribution >= 4 is 15.9 Å². The summed E-state index contributed by atoms with van der Waals surface area (Å²) in [6.07, 6.45) is 2.32. The van der Waals surface area contributed by atoms with Gasteiger partial charge in [-0.05, 0) is 49.5 Å². The summed E-state index contributed by atoms with van der Waals surface area (Å²) in [4.78, 5) is 0. The van der Waals surface area contributed by atoms with Crippen LogP contribution in [0.3, 0.4) is 0 Å². The Morgan fingerprint density at radius 1 is 1.38 bits per heavy atom. The molecule has 0 saturated carbocycles. The second-order valence-electron chi connectivity index (χ2n) is 4.36. The molecule has 0 aromatic heterocycles. The highest BCUT2D eigenvalue weighted by Crippen LogP contribution is 2.39. The van der Waals surface area contributed by atoms with E-state index in [1.165, 1.54) is 12.0 Å². The Morgan fingerprint density at radius 3 is 3.12 bits per heavy atom. The van der Waals surface area contributed by atoms with Gasteiger partial charge < -0.3 is 14.8 Å². The molecule has 86 valence electrons. The highest BCUT2D eigenvalue weighted by Gasteiger charge is 2.22. The minimum Gasteiger partial charge on any atom is -0.454 e. The molecule has 2 aliphatic rings. The second-order valence-corrected chi connectivity index (χ2v) is 5.28. The highest BCUT2D eigenvalue weighted by atomic mass is 79.9. The van der Waals surface area contributed by atoms with Crippen molar-refractivity contribution in [2.45, 2.75) is 12.8 Å². The van der Waals surface area contributed by atoms with Gasteiger partial charge in [-0.25, -0.2) is 0 Å². The van der Waals surface area contributed by atoms with Gasteiger partial charge in [-0.2, -0.15) is 0 Å². The molecule has 1 aromatic rings. The fraction of sp³-hybridized carbons (Fsp3) is 0.500. The Kier molecular flexibility index (Phi) is 2.77. The lowest BCUT2D eigenvalue weighted by atomic mass is 9.98. The minimum atomic E-state index is 0.349. The molecule has 16 heavy (non-hydrogen) atoms. The van der Waals surface area contributed by atoms with Crippen LogP contribution in [0.4, 0.5) is 0 Å². The summed E-state index contributed by atoms with van der Waals surface area (Å²) in [7, 11) is 0. The number of nitrogens with one attached hydrogen (secondary N) is 1. The number of ether oxygens (including phenoxy) is 2. The van der Waals surface area contributed by atoms with Crippen molar-refractivity contribution in [1.29, 1.82) is 0 Å². The largest absolute Gasteiger partial charge is 0.454 e. The van der Waals surface area contributed by atoms with Crippen LogP contribution in [0.15, 0.2) is 16.6 Å². The van der Waals surface area contributed by atoms with Gasteiger partial charge in [0.05, 0.1) is 0 Å². The van der Waals surface area contributed by atoms with Crippen molar-refractivity contribution in [2.24, 2.45) is 5.92 Å². The number of rotatable bonds is 2. The van der Waals surface area contributed by atoms with Gasteiger partial charge in [0.25, 0.3) is 0 Å². The Balaban J connectivity index is 1.87. The number of fused-ring (bicyclic) bond motifs is 1. The number of halogens is 1. The molecule has 4 heteroatoms. The molecule has 3 nitrogen and oxygen atoms in total. The molecule has 1 saturated heterocycles. The first-order chi connectivity index (χ1) is 7.83. The molecule has 1 aromatic carbocycles. The summed E-state index contributed by atoms with van der Waals surface area (Å²) < 4.78 is 12.0. The predicted molar refractivity (Wildman–Crippen MR) is 64.9 cm³/mol. The van der Waals surface area contributed by atoms with E-state index in [9.17, 15) is 0 Å². The molecule has 0 spiro atoms. The smallest absolute Gasteiger partial charge is 0.231 e. The van der Waals surface area contributed by atoms with E-state index in [0.717, 1.165) is 41.4 Å². The van der Waals surface area contributed by atoms with Crippen molar-refractivity contribution in [3.05, 3.63) is 22.2 Å². The molecule has 0 bridgehead atoms. The van der Waals surface area contributed by atoms with Gasteiger partial charge in [-0.3, -0.25) is 0 Å². The molecular formula is C12H14BrNO2. The summed E-state index contributed by atoms with van der Waals surface area (Å²) in [6.45, 7) is 2.60. The highest BCUT2D eigenvalue weighted by molar-refractivity contribution is 9.10. The van der Waals surface area contributed by atoms with E-state index in [0.29, 0.717) is 6.79 Å². The molecule has 1 fully saturated rings. The van der Waals surface area contributed by atoms with Crippen LogP contribution in [-0.2, 0) is 6.42 Å². The molecular weight excluding hydrogens is 270 g/mol. The lowest BCUT2D eigenvalue weighted by Gasteiger charge is -2.11. The molecule has 2 aliphatic heterocycles. The first-order valence-electron chi connectivity index (χ1n) is 5.61. The molecule has 0 aliphatic carbocycles. The van der Waals surface area contributed by atoms with Crippen molar-refractivity contribution in [2.75, 3.05) is 19.9 Å². The zero-order chi connectivity index (χ0) is 11.0. The molecule has 1 atom stereocenters. The lowest BCUT2D eigenvalue weighted by Crippen LogP contribution is -2.11. The van der Waals surface area contributed by atoms with Crippen molar-refractivity contribution < 1.29 is 9.47 Å². The van der Waals surface area contributed by atoms with E-state index < -0.39 is 0 Å². The van der Waals surface area contributed by atoms with E-state index in [4.69, 9.17) is 9.47 Å². The molecule has 3 rings (SSSR count). The Hall–Kier alpha value is -0.740. The average Bonchev–Trinajstić information content (AvgIpc) is 2.87. The monoisotopic (exact) mass is 283 g/mol. The molecule has 0 amide bonds. The van der Waals surface area contributed by atoms with Crippen LogP contribution in [0.1, 0.15) is 12.0 Å². The maximum Gasteiger partial charge on any atom is 0.231 e. The SMILES string of the molecule is Brc1cc(CC2CCNC2)c2c(c1)OCO2. The average molecular weight is 284 g/mol. The fourth-order valence-corrected chi connectivity index (χ4v) is 2.88. The lowest BCUT2D eigenvalue weighted by molar-refractivity contribution is 0.173. The topological polar surface area (TPSA) is 30.5 Å². The van der Waals surface area contributed by atoms with Gasteiger partial charge in [-0.15, -0.1) is 0 Å². The number of hydrogen-bond acceptors (Lipinski definition) is 3. The summed E-state index contributed by atoms with van der Waals surface area (Å²) in [6, 6.07) is 4.12. The first-order valence-corrected chi connectivity index (χ1v) is 6.41. The zero-order valence-corrected chi connectivity index (χ0v) is 10.5. The van der Waals surface area contributed by atoms with Crippen LogP contribution in [0.5, 0.6) is 11.5 Å². The Labute approximate surface area is 103 Å². The normalized spacial score (nSPS) is 22.7. The molecule has 1 N–H and O–H groups in total. The maximum atomic E-state index is 5.53. The third-order valence-electron chi connectivity index (χ3n) is 3.19. The van der Waals surface area contributed by atoms with E-state index >= 15 is 0 Å². The minimum absolute atomic E-state index is 0.349. The third-order valence-corrected chi connectivity index (χ3v) is 3.64. The summed E-state index contributed by atoms with van der Waals surface area (Å²) >= 11 is 3.51. The summed E-state index contributed by atoms with van der Waals surface area (Å²) in [5, 5.41) is 3.39. The Bertz CT molecular complexity index is 402. The maximum absolute atomic E-state index is 5.53. The molecule has 2 heterocycles. The van der Waals surface area contributed by atoms with Crippen LogP contribution in [0.2, 0.25) is 0 Å². The standard InChI is InChI=1S/C12H14BrNO2/c13-10-4-9(3-8-1-2-14-6-8)12-11(5-10)15-7-16-12/h4-5,8,14H,1-3,6-7H2. The van der Waals surface area contributed by atoms with Gasteiger partial charge in [0.1, 0.15) is 0 Å². The fourth-order valence-electron chi connectivity index (χ4n) is 2.40. The second kappa shape index (κ2) is 4.26. The van der Waals surface area contributed by atoms with Crippen molar-refractivity contribution in [3.8, 4) is 11.5 Å². The van der Waals surface area contributed by atoms with E-state index in [1.807, 2.05) is 6.07 Å². The van der Waals surface area contributed by atoms with Gasteiger partial charge in [0.2, 0.25) is 6.79 Å². The number of hydrogen-bond donors (Lipinski definition) is 1. The van der Waals surface area contributed by atoms with Crippen LogP contribution < -0.4 is 14.8 Å². The molecule has 1 unspecified atom stereocenters. The van der Waals surface area contributed by atoms with Crippen LogP contribution in [0.25, 0.3) is 0 Å². The predicted octanol–water partition coefficient (Wildman–Crippen LogP) is 2.33. The summed E-state index contributed by atoms with van der Waals surface area (Å²) in [5.74, 6) is 2.54. The van der Waals surface area contributed by atoms with Crippen LogP contribution in [-0.4, -0.2) is 19.9 Å². The van der Waals surface area contributed by atoms with E-state index in [1.54, 1.807) is 0 Å². The van der Waals surface area contributed by atoms with Crippen molar-refractivity contribution in [3.63, 3.8) is 0 Å². The summed E-state index contributed by atoms with van der Waals surface area (Å²) in [5.41, 5.74) is 1.26. The van der Waals surface area contributed by atoms with Gasteiger partial charge in [0.15, 0.2) is 11.5 Å². The van der Waals surface area contributed by atoms with Gasteiger partial charge in [-0.1, -0.05) is 15.9 Å². The van der Waals surface area contributed by atoms with Gasteiger partial charge >= 0.3 is 0 Å². The van der Waals surface area contributed by atoms with E-state index in [-0.39, 0.29) is 0 Å².